The van der Waals surface area contributed by atoms with Crippen LogP contribution in [-0.4, -0.2) is 9.67 Å². The second-order valence-electron chi connectivity index (χ2n) is 4.98. The molecule has 0 spiro atoms. The molecule has 0 aliphatic heterocycles. The first-order valence-electron chi connectivity index (χ1n) is 6.81. The molecule has 0 aliphatic carbocycles. The average molecular weight is 304 g/mol. The highest BCUT2D eigenvalue weighted by atomic mass is 35.5. The first-order chi connectivity index (χ1) is 10.2. The summed E-state index contributed by atoms with van der Waals surface area (Å²) in [5.41, 5.74) is 2.64. The molecule has 0 radical (unpaired) electrons. The third kappa shape index (κ3) is 2.67. The molecule has 0 aliphatic rings. The minimum Gasteiger partial charge on any atom is -0.392 e. The maximum Gasteiger partial charge on any atom is 0.123 e. The fourth-order valence-electron chi connectivity index (χ4n) is 2.62. The largest absolute Gasteiger partial charge is 0.392 e. The summed E-state index contributed by atoms with van der Waals surface area (Å²) in [5.74, 6) is -0.325. The van der Waals surface area contributed by atoms with Crippen LogP contribution in [0.1, 0.15) is 11.1 Å². The third-order valence-electron chi connectivity index (χ3n) is 3.69. The number of aryl methyl sites for hydroxylation is 2. The zero-order valence-corrected chi connectivity index (χ0v) is 12.1. The number of nitrogens with zero attached hydrogens (tertiary/aromatic N) is 1. The normalized spacial score (nSPS) is 11.2. The highest BCUT2D eigenvalue weighted by molar-refractivity contribution is 6.32. The van der Waals surface area contributed by atoms with Gasteiger partial charge in [0.25, 0.3) is 0 Å². The summed E-state index contributed by atoms with van der Waals surface area (Å²) >= 11 is 6.35. The zero-order chi connectivity index (χ0) is 14.8. The lowest BCUT2D eigenvalue weighted by atomic mass is 10.1. The standard InChI is InChI=1S/C17H15ClFNO/c18-17-15(11-21)14-10-13(19)6-7-16(14)20(17)9-8-12-4-2-1-3-5-12/h1-7,10,21H,8-9,11H2. The summed E-state index contributed by atoms with van der Waals surface area (Å²) in [5, 5.41) is 10.6. The van der Waals surface area contributed by atoms with Crippen molar-refractivity contribution in [2.75, 3.05) is 0 Å². The first kappa shape index (κ1) is 14.1. The molecule has 3 aromatic rings. The Bertz CT molecular complexity index is 767. The summed E-state index contributed by atoms with van der Waals surface area (Å²) in [6, 6.07) is 14.6. The molecule has 1 heterocycles. The van der Waals surface area contributed by atoms with Crippen molar-refractivity contribution in [1.29, 1.82) is 0 Å². The smallest absolute Gasteiger partial charge is 0.123 e. The predicted molar refractivity (Wildman–Crippen MR) is 83.0 cm³/mol. The third-order valence-corrected chi connectivity index (χ3v) is 4.12. The highest BCUT2D eigenvalue weighted by Gasteiger charge is 2.15. The minimum absolute atomic E-state index is 0.197. The van der Waals surface area contributed by atoms with E-state index in [1.54, 1.807) is 6.07 Å². The minimum atomic E-state index is -0.325. The van der Waals surface area contributed by atoms with Gasteiger partial charge in [0.05, 0.1) is 6.61 Å². The van der Waals surface area contributed by atoms with Crippen LogP contribution in [0.25, 0.3) is 10.9 Å². The molecule has 0 unspecified atom stereocenters. The fourth-order valence-corrected chi connectivity index (χ4v) is 2.96. The van der Waals surface area contributed by atoms with E-state index in [9.17, 15) is 9.50 Å². The van der Waals surface area contributed by atoms with E-state index in [0.717, 1.165) is 11.9 Å². The summed E-state index contributed by atoms with van der Waals surface area (Å²) in [7, 11) is 0. The van der Waals surface area contributed by atoms with Gasteiger partial charge in [-0.15, -0.1) is 0 Å². The number of aliphatic hydroxyl groups is 1. The molecule has 0 atom stereocenters. The van der Waals surface area contributed by atoms with Gasteiger partial charge < -0.3 is 9.67 Å². The Morgan fingerprint density at radius 2 is 1.86 bits per heavy atom. The van der Waals surface area contributed by atoms with Crippen molar-refractivity contribution in [2.24, 2.45) is 0 Å². The van der Waals surface area contributed by atoms with E-state index in [0.29, 0.717) is 22.6 Å². The van der Waals surface area contributed by atoms with Gasteiger partial charge in [0.1, 0.15) is 11.0 Å². The lowest BCUT2D eigenvalue weighted by Gasteiger charge is -2.07. The van der Waals surface area contributed by atoms with Crippen LogP contribution in [-0.2, 0) is 19.6 Å². The Balaban J connectivity index is 2.00. The van der Waals surface area contributed by atoms with Gasteiger partial charge in [0.15, 0.2) is 0 Å². The van der Waals surface area contributed by atoms with Crippen LogP contribution in [0, 0.1) is 5.82 Å². The molecule has 1 aromatic heterocycles. The van der Waals surface area contributed by atoms with Crippen molar-refractivity contribution < 1.29 is 9.50 Å². The lowest BCUT2D eigenvalue weighted by molar-refractivity contribution is 0.283. The summed E-state index contributed by atoms with van der Waals surface area (Å²) in [4.78, 5) is 0. The van der Waals surface area contributed by atoms with Crippen molar-refractivity contribution in [2.45, 2.75) is 19.6 Å². The molecule has 4 heteroatoms. The number of aliphatic hydroxyl groups excluding tert-OH is 1. The molecule has 0 bridgehead atoms. The summed E-state index contributed by atoms with van der Waals surface area (Å²) in [6.45, 7) is 0.488. The Morgan fingerprint density at radius 1 is 1.10 bits per heavy atom. The van der Waals surface area contributed by atoms with Gasteiger partial charge in [0.2, 0.25) is 0 Å². The fraction of sp³-hybridized carbons (Fsp3) is 0.176. The van der Waals surface area contributed by atoms with Crippen LogP contribution >= 0.6 is 11.6 Å². The second kappa shape index (κ2) is 5.88. The Kier molecular flexibility index (Phi) is 3.95. The number of halogens is 2. The Morgan fingerprint density at radius 3 is 2.57 bits per heavy atom. The Labute approximate surface area is 127 Å². The predicted octanol–water partition coefficient (Wildman–Crippen LogP) is 4.17. The van der Waals surface area contributed by atoms with Crippen LogP contribution in [0.5, 0.6) is 0 Å². The molecule has 0 amide bonds. The quantitative estimate of drug-likeness (QED) is 0.769. The topological polar surface area (TPSA) is 25.2 Å². The van der Waals surface area contributed by atoms with Crippen molar-refractivity contribution >= 4 is 22.5 Å². The molecule has 2 nitrogen and oxygen atoms in total. The van der Waals surface area contributed by atoms with Crippen LogP contribution in [0.3, 0.4) is 0 Å². The van der Waals surface area contributed by atoms with Gasteiger partial charge in [-0.1, -0.05) is 41.9 Å². The molecule has 21 heavy (non-hydrogen) atoms. The second-order valence-corrected chi connectivity index (χ2v) is 5.33. The molecule has 3 rings (SSSR count). The van der Waals surface area contributed by atoms with Crippen molar-refractivity contribution in [3.63, 3.8) is 0 Å². The SMILES string of the molecule is OCc1c(Cl)n(CCc2ccccc2)c2ccc(F)cc12. The van der Waals surface area contributed by atoms with Gasteiger partial charge in [-0.2, -0.15) is 0 Å². The Hall–Kier alpha value is -1.84. The van der Waals surface area contributed by atoms with E-state index in [1.807, 2.05) is 22.8 Å². The van der Waals surface area contributed by atoms with E-state index < -0.39 is 0 Å². The van der Waals surface area contributed by atoms with Crippen LogP contribution in [0.4, 0.5) is 4.39 Å². The zero-order valence-electron chi connectivity index (χ0n) is 11.4. The van der Waals surface area contributed by atoms with Gasteiger partial charge in [0, 0.05) is 23.0 Å². The number of hydrogen-bond acceptors (Lipinski definition) is 1. The van der Waals surface area contributed by atoms with E-state index in [-0.39, 0.29) is 12.4 Å². The van der Waals surface area contributed by atoms with Crippen molar-refractivity contribution in [3.05, 3.63) is 70.6 Å². The molecule has 0 saturated carbocycles. The molecule has 2 aromatic carbocycles. The number of benzene rings is 2. The molecule has 108 valence electrons. The average Bonchev–Trinajstić information content (AvgIpc) is 2.76. The highest BCUT2D eigenvalue weighted by Crippen LogP contribution is 2.31. The lowest BCUT2D eigenvalue weighted by Crippen LogP contribution is -2.01. The van der Waals surface area contributed by atoms with Gasteiger partial charge >= 0.3 is 0 Å². The van der Waals surface area contributed by atoms with Crippen LogP contribution in [0.2, 0.25) is 5.15 Å². The molecular formula is C17H15ClFNO. The number of aromatic nitrogens is 1. The monoisotopic (exact) mass is 303 g/mol. The molecular weight excluding hydrogens is 289 g/mol. The number of rotatable bonds is 4. The molecule has 0 saturated heterocycles. The van der Waals surface area contributed by atoms with E-state index in [4.69, 9.17) is 11.6 Å². The molecule has 1 N–H and O–H groups in total. The first-order valence-corrected chi connectivity index (χ1v) is 7.19. The van der Waals surface area contributed by atoms with Crippen LogP contribution in [0.15, 0.2) is 48.5 Å². The van der Waals surface area contributed by atoms with Gasteiger partial charge in [-0.3, -0.25) is 0 Å². The maximum absolute atomic E-state index is 13.4. The van der Waals surface area contributed by atoms with E-state index in [2.05, 4.69) is 12.1 Å². The van der Waals surface area contributed by atoms with Gasteiger partial charge in [-0.25, -0.2) is 4.39 Å². The van der Waals surface area contributed by atoms with E-state index >= 15 is 0 Å². The summed E-state index contributed by atoms with van der Waals surface area (Å²) in [6.07, 6.45) is 0.826. The number of hydrogen-bond donors (Lipinski definition) is 1. The van der Waals surface area contributed by atoms with E-state index in [1.165, 1.54) is 17.7 Å². The van der Waals surface area contributed by atoms with Crippen molar-refractivity contribution in [3.8, 4) is 0 Å². The maximum atomic E-state index is 13.4. The number of fused-ring (bicyclic) bond motifs is 1. The summed E-state index contributed by atoms with van der Waals surface area (Å²) < 4.78 is 15.3. The van der Waals surface area contributed by atoms with Gasteiger partial charge in [-0.05, 0) is 30.2 Å². The molecule has 0 fully saturated rings. The van der Waals surface area contributed by atoms with Crippen molar-refractivity contribution in [1.82, 2.24) is 4.57 Å². The van der Waals surface area contributed by atoms with Crippen LogP contribution < -0.4 is 0 Å².